The molecular weight excluding hydrogens is 180 g/mol. The van der Waals surface area contributed by atoms with Crippen LogP contribution in [0.1, 0.15) is 33.6 Å². The van der Waals surface area contributed by atoms with Crippen LogP contribution < -0.4 is 10.6 Å². The fourth-order valence-electron chi connectivity index (χ4n) is 0.985. The van der Waals surface area contributed by atoms with E-state index in [0.29, 0.717) is 19.1 Å². The molecule has 0 aliphatic rings. The van der Waals surface area contributed by atoms with Gasteiger partial charge in [0.2, 0.25) is 5.91 Å². The number of hydrogen-bond acceptors (Lipinski definition) is 3. The van der Waals surface area contributed by atoms with Gasteiger partial charge in [0, 0.05) is 12.6 Å². The van der Waals surface area contributed by atoms with Gasteiger partial charge in [0.25, 0.3) is 0 Å². The second-order valence-corrected chi connectivity index (χ2v) is 3.88. The fraction of sp³-hybridized carbons (Fsp3) is 0.900. The van der Waals surface area contributed by atoms with Crippen molar-refractivity contribution in [1.29, 1.82) is 0 Å². The molecule has 0 radical (unpaired) electrons. The first kappa shape index (κ1) is 13.4. The maximum atomic E-state index is 11.2. The normalized spacial score (nSPS) is 12.9. The molecule has 3 N–H and O–H groups in total. The number of hydrogen-bond donors (Lipinski definition) is 3. The first-order chi connectivity index (χ1) is 6.52. The zero-order chi connectivity index (χ0) is 11.0. The Bertz CT molecular complexity index is 158. The van der Waals surface area contributed by atoms with Gasteiger partial charge in [-0.05, 0) is 19.8 Å². The Labute approximate surface area is 86.1 Å². The van der Waals surface area contributed by atoms with Crippen molar-refractivity contribution in [2.45, 2.75) is 45.8 Å². The smallest absolute Gasteiger partial charge is 0.233 e. The van der Waals surface area contributed by atoms with Crippen molar-refractivity contribution in [1.82, 2.24) is 10.6 Å². The molecule has 0 heterocycles. The Kier molecular flexibility index (Phi) is 7.42. The van der Waals surface area contributed by atoms with E-state index < -0.39 is 0 Å². The Hall–Kier alpha value is -0.610. The molecule has 0 rings (SSSR count). The topological polar surface area (TPSA) is 61.4 Å². The van der Waals surface area contributed by atoms with E-state index in [1.165, 1.54) is 0 Å². The van der Waals surface area contributed by atoms with Gasteiger partial charge in [-0.2, -0.15) is 0 Å². The lowest BCUT2D eigenvalue weighted by Crippen LogP contribution is -2.37. The quantitative estimate of drug-likeness (QED) is 0.519. The highest BCUT2D eigenvalue weighted by atomic mass is 16.3. The van der Waals surface area contributed by atoms with Crippen molar-refractivity contribution >= 4 is 5.91 Å². The molecule has 0 saturated heterocycles. The van der Waals surface area contributed by atoms with Crippen molar-refractivity contribution in [3.8, 4) is 0 Å². The van der Waals surface area contributed by atoms with Crippen molar-refractivity contribution in [3.05, 3.63) is 0 Å². The van der Waals surface area contributed by atoms with Crippen LogP contribution in [0.3, 0.4) is 0 Å². The van der Waals surface area contributed by atoms with Crippen LogP contribution in [-0.2, 0) is 4.79 Å². The summed E-state index contributed by atoms with van der Waals surface area (Å²) in [7, 11) is 0. The van der Waals surface area contributed by atoms with Crippen LogP contribution in [0, 0.1) is 0 Å². The molecule has 1 amide bonds. The highest BCUT2D eigenvalue weighted by molar-refractivity contribution is 5.77. The van der Waals surface area contributed by atoms with E-state index in [2.05, 4.69) is 10.6 Å². The molecule has 0 fully saturated rings. The van der Waals surface area contributed by atoms with E-state index in [1.54, 1.807) is 6.92 Å². The summed E-state index contributed by atoms with van der Waals surface area (Å²) in [6.07, 6.45) is 1.28. The number of amides is 1. The summed E-state index contributed by atoms with van der Waals surface area (Å²) in [4.78, 5) is 11.2. The highest BCUT2D eigenvalue weighted by Gasteiger charge is 2.01. The molecule has 0 aliphatic carbocycles. The number of carbonyl (C=O) groups excluding carboxylic acids is 1. The summed E-state index contributed by atoms with van der Waals surface area (Å²) < 4.78 is 0. The molecule has 14 heavy (non-hydrogen) atoms. The lowest BCUT2D eigenvalue weighted by Gasteiger charge is -2.09. The van der Waals surface area contributed by atoms with Gasteiger partial charge < -0.3 is 15.7 Å². The first-order valence-electron chi connectivity index (χ1n) is 5.20. The minimum atomic E-state index is -0.277. The predicted molar refractivity (Wildman–Crippen MR) is 57.1 cm³/mol. The van der Waals surface area contributed by atoms with Crippen molar-refractivity contribution in [2.24, 2.45) is 0 Å². The SMILES string of the molecule is CC(O)CCCNC(=O)CNC(C)C. The number of nitrogens with one attached hydrogen (secondary N) is 2. The third kappa shape index (κ3) is 9.48. The van der Waals surface area contributed by atoms with Crippen LogP contribution in [0.4, 0.5) is 0 Å². The number of carbonyl (C=O) groups is 1. The maximum Gasteiger partial charge on any atom is 0.233 e. The lowest BCUT2D eigenvalue weighted by atomic mass is 10.2. The second kappa shape index (κ2) is 7.76. The lowest BCUT2D eigenvalue weighted by molar-refractivity contribution is -0.120. The molecule has 0 spiro atoms. The van der Waals surface area contributed by atoms with Gasteiger partial charge in [-0.25, -0.2) is 0 Å². The maximum absolute atomic E-state index is 11.2. The zero-order valence-corrected chi connectivity index (χ0v) is 9.34. The molecule has 1 unspecified atom stereocenters. The van der Waals surface area contributed by atoms with E-state index in [4.69, 9.17) is 5.11 Å². The molecule has 0 aromatic rings. The molecule has 0 bridgehead atoms. The van der Waals surface area contributed by atoms with Crippen LogP contribution in [0.2, 0.25) is 0 Å². The van der Waals surface area contributed by atoms with Crippen molar-refractivity contribution in [3.63, 3.8) is 0 Å². The van der Waals surface area contributed by atoms with Crippen LogP contribution in [-0.4, -0.2) is 36.2 Å². The fourth-order valence-corrected chi connectivity index (χ4v) is 0.985. The Morgan fingerprint density at radius 2 is 2.00 bits per heavy atom. The van der Waals surface area contributed by atoms with Crippen LogP contribution >= 0.6 is 0 Å². The molecule has 0 aliphatic heterocycles. The van der Waals surface area contributed by atoms with E-state index in [0.717, 1.165) is 12.8 Å². The minimum Gasteiger partial charge on any atom is -0.393 e. The average Bonchev–Trinajstić information content (AvgIpc) is 2.08. The summed E-state index contributed by atoms with van der Waals surface area (Å²) in [6.45, 7) is 6.76. The van der Waals surface area contributed by atoms with Crippen LogP contribution in [0.5, 0.6) is 0 Å². The van der Waals surface area contributed by atoms with Crippen LogP contribution in [0.25, 0.3) is 0 Å². The monoisotopic (exact) mass is 202 g/mol. The minimum absolute atomic E-state index is 0.0179. The van der Waals surface area contributed by atoms with E-state index in [-0.39, 0.29) is 12.0 Å². The highest BCUT2D eigenvalue weighted by Crippen LogP contribution is 1.92. The molecular formula is C10H22N2O2. The molecule has 1 atom stereocenters. The molecule has 4 nitrogen and oxygen atoms in total. The number of aliphatic hydroxyl groups excluding tert-OH is 1. The van der Waals surface area contributed by atoms with Crippen LogP contribution in [0.15, 0.2) is 0 Å². The number of rotatable bonds is 7. The molecule has 0 aromatic heterocycles. The number of aliphatic hydroxyl groups is 1. The van der Waals surface area contributed by atoms with Gasteiger partial charge >= 0.3 is 0 Å². The van der Waals surface area contributed by atoms with Crippen molar-refractivity contribution in [2.75, 3.05) is 13.1 Å². The average molecular weight is 202 g/mol. The molecule has 0 aromatic carbocycles. The summed E-state index contributed by atoms with van der Waals surface area (Å²) in [5.41, 5.74) is 0. The van der Waals surface area contributed by atoms with E-state index >= 15 is 0 Å². The van der Waals surface area contributed by atoms with Gasteiger partial charge in [-0.15, -0.1) is 0 Å². The van der Waals surface area contributed by atoms with E-state index in [9.17, 15) is 4.79 Å². The van der Waals surface area contributed by atoms with Gasteiger partial charge in [0.1, 0.15) is 0 Å². The third-order valence-corrected chi connectivity index (χ3v) is 1.79. The van der Waals surface area contributed by atoms with Gasteiger partial charge in [-0.1, -0.05) is 13.8 Å². The largest absolute Gasteiger partial charge is 0.393 e. The summed E-state index contributed by atoms with van der Waals surface area (Å²) in [5.74, 6) is 0.0179. The summed E-state index contributed by atoms with van der Waals surface area (Å²) in [5, 5.41) is 14.8. The Morgan fingerprint density at radius 1 is 1.36 bits per heavy atom. The standard InChI is InChI=1S/C10H22N2O2/c1-8(2)12-7-10(14)11-6-4-5-9(3)13/h8-9,12-13H,4-7H2,1-3H3,(H,11,14). The third-order valence-electron chi connectivity index (χ3n) is 1.79. The van der Waals surface area contributed by atoms with Crippen molar-refractivity contribution < 1.29 is 9.90 Å². The van der Waals surface area contributed by atoms with E-state index in [1.807, 2.05) is 13.8 Å². The van der Waals surface area contributed by atoms with Gasteiger partial charge in [0.05, 0.1) is 12.6 Å². The summed E-state index contributed by atoms with van der Waals surface area (Å²) >= 11 is 0. The Morgan fingerprint density at radius 3 is 2.50 bits per heavy atom. The molecule has 84 valence electrons. The second-order valence-electron chi connectivity index (χ2n) is 3.88. The Balaban J connectivity index is 3.27. The van der Waals surface area contributed by atoms with Gasteiger partial charge in [-0.3, -0.25) is 4.79 Å². The molecule has 4 heteroatoms. The van der Waals surface area contributed by atoms with Gasteiger partial charge in [0.15, 0.2) is 0 Å². The summed E-state index contributed by atoms with van der Waals surface area (Å²) in [6, 6.07) is 0.332. The first-order valence-corrected chi connectivity index (χ1v) is 5.20. The molecule has 0 saturated carbocycles. The zero-order valence-electron chi connectivity index (χ0n) is 9.34. The predicted octanol–water partition coefficient (Wildman–Crippen LogP) is 0.262.